The maximum atomic E-state index is 3.69. The summed E-state index contributed by atoms with van der Waals surface area (Å²) in [5, 5.41) is 0. The molecular formula is C36H100Si8. The third kappa shape index (κ3) is 156. The molecule has 0 aromatic heterocycles. The van der Waals surface area contributed by atoms with E-state index in [9.17, 15) is 0 Å². The molecule has 0 N–H and O–H groups in total. The average molecular weight is 758 g/mol. The summed E-state index contributed by atoms with van der Waals surface area (Å²) < 4.78 is 0. The Morgan fingerprint density at radius 1 is 0.386 bits per heavy atom. The number of rotatable bonds is 9. The van der Waals surface area contributed by atoms with Gasteiger partial charge in [0.1, 0.15) is 0 Å². The summed E-state index contributed by atoms with van der Waals surface area (Å²) in [5.41, 5.74) is 4.15. The molecule has 0 aliphatic heterocycles. The van der Waals surface area contributed by atoms with Gasteiger partial charge in [-0.15, -0.1) is 24.6 Å². The molecule has 0 amide bonds. The van der Waals surface area contributed by atoms with Crippen LogP contribution in [-0.2, 0) is 0 Å². The lowest BCUT2D eigenvalue weighted by atomic mass is 10.6. The minimum Gasteiger partial charge on any atom is -0.107 e. The summed E-state index contributed by atoms with van der Waals surface area (Å²) in [7, 11) is -5.42. The Balaban J connectivity index is -0.0000000605. The van der Waals surface area contributed by atoms with Gasteiger partial charge in [-0.2, -0.15) is 0 Å². The number of hydrogen-bond acceptors (Lipinski definition) is 0. The summed E-state index contributed by atoms with van der Waals surface area (Å²) in [6, 6.07) is 6.11. The molecule has 0 unspecified atom stereocenters. The van der Waals surface area contributed by atoms with Crippen LogP contribution in [0.2, 0.25) is 188 Å². The van der Waals surface area contributed by atoms with Crippen molar-refractivity contribution in [2.24, 2.45) is 0 Å². The minimum atomic E-state index is -0.867. The Morgan fingerprint density at radius 2 is 0.500 bits per heavy atom. The number of hydrogen-bond donors (Lipinski definition) is 0. The molecule has 0 nitrogen and oxygen atoms in total. The molecule has 0 saturated heterocycles. The second-order valence-corrected chi connectivity index (χ2v) is 63.7. The summed E-state index contributed by atoms with van der Waals surface area (Å²) in [5.74, 6) is 0. The van der Waals surface area contributed by atoms with Gasteiger partial charge in [-0.05, 0) is 0 Å². The van der Waals surface area contributed by atoms with Crippen LogP contribution in [0.1, 0.15) is 21.3 Å². The molecule has 0 aliphatic rings. The zero-order chi connectivity index (χ0) is 36.0. The van der Waals surface area contributed by atoms with Gasteiger partial charge in [0.15, 0.2) is 0 Å². The highest BCUT2D eigenvalue weighted by Gasteiger charge is 2.19. The predicted octanol–water partition coefficient (Wildman–Crippen LogP) is 16.1. The van der Waals surface area contributed by atoms with Crippen molar-refractivity contribution in [3.63, 3.8) is 0 Å². The van der Waals surface area contributed by atoms with Crippen molar-refractivity contribution in [3.8, 4) is 0 Å². The van der Waals surface area contributed by atoms with E-state index in [0.717, 1.165) is 0 Å². The van der Waals surface area contributed by atoms with E-state index >= 15 is 0 Å². The molecule has 0 radical (unpaired) electrons. The molecule has 0 atom stereocenters. The van der Waals surface area contributed by atoms with Crippen molar-refractivity contribution >= 4 is 65.3 Å². The van der Waals surface area contributed by atoms with Crippen LogP contribution in [0.15, 0.2) is 24.6 Å². The standard InChI is InChI=1S/C9H24Si2.C8H22Si2.2C5H12Si.C4H12Si.C3H10Si.2CH4/c1-10(2,3)8-7-9-11(4,5)6;1-9(2,3)7-8-10(4,5)6;2*1-5-6(2,3)4;1-5(2,3)4;1-4(2)3;;/h7-9H2,1-6H3;7-8H2,1-6H3;2*5H,1H2,2-4H3;1-4H3;4H,1-3H3;2*1H4. The quantitative estimate of drug-likeness (QED) is 0.206. The van der Waals surface area contributed by atoms with Crippen LogP contribution in [0.25, 0.3) is 0 Å². The smallest absolute Gasteiger partial charge is 0.0679 e. The Morgan fingerprint density at radius 3 is 0.568 bits per heavy atom. The molecule has 0 aromatic carbocycles. The SMILES string of the molecule is C.C.C=C[Si](C)(C)C.C=C[Si](C)(C)C.C[SiH](C)C.C[Si](C)(C)C.C[Si](C)(C)CCC[Si](C)(C)C.C[Si](C)(C)CC[Si](C)(C)C. The normalized spacial score (nSPS) is 11.8. The Bertz CT molecular complexity index is 553. The van der Waals surface area contributed by atoms with Crippen LogP contribution < -0.4 is 0 Å². The van der Waals surface area contributed by atoms with Crippen LogP contribution in [0.5, 0.6) is 0 Å². The van der Waals surface area contributed by atoms with E-state index in [1.54, 1.807) is 0 Å². The van der Waals surface area contributed by atoms with E-state index in [2.05, 4.69) is 188 Å². The second kappa shape index (κ2) is 29.2. The monoisotopic (exact) mass is 757 g/mol. The van der Waals surface area contributed by atoms with Gasteiger partial charge in [0.2, 0.25) is 0 Å². The van der Waals surface area contributed by atoms with Crippen LogP contribution in [0.4, 0.5) is 0 Å². The summed E-state index contributed by atoms with van der Waals surface area (Å²) in [6.45, 7) is 66.8. The largest absolute Gasteiger partial charge is 0.107 e. The minimum absolute atomic E-state index is 0. The molecule has 0 heterocycles. The first-order valence-corrected chi connectivity index (χ1v) is 46.5. The van der Waals surface area contributed by atoms with Crippen molar-refractivity contribution in [2.45, 2.75) is 209 Å². The topological polar surface area (TPSA) is 0 Å². The highest BCUT2D eigenvalue weighted by Crippen LogP contribution is 2.20. The third-order valence-electron chi connectivity index (χ3n) is 4.70. The first-order valence-electron chi connectivity index (χ1n) is 17.0. The van der Waals surface area contributed by atoms with Gasteiger partial charge < -0.3 is 0 Å². The maximum Gasteiger partial charge on any atom is 0.0679 e. The van der Waals surface area contributed by atoms with E-state index in [0.29, 0.717) is 0 Å². The van der Waals surface area contributed by atoms with Crippen molar-refractivity contribution in [1.82, 2.24) is 0 Å². The second-order valence-electron chi connectivity index (χ2n) is 21.5. The van der Waals surface area contributed by atoms with Gasteiger partial charge in [0.25, 0.3) is 0 Å². The summed E-state index contributed by atoms with van der Waals surface area (Å²) >= 11 is 0. The van der Waals surface area contributed by atoms with E-state index < -0.39 is 56.5 Å². The Kier molecular flexibility index (Phi) is 42.3. The lowest BCUT2D eigenvalue weighted by molar-refractivity contribution is 1.01. The molecule has 0 saturated carbocycles. The summed E-state index contributed by atoms with van der Waals surface area (Å²) in [6.07, 6.45) is 1.49. The first-order chi connectivity index (χ1) is 17.8. The van der Waals surface area contributed by atoms with Crippen molar-refractivity contribution < 1.29 is 0 Å². The third-order valence-corrected chi connectivity index (χ3v) is 14.9. The molecular weight excluding hydrogens is 657 g/mol. The highest BCUT2D eigenvalue weighted by molar-refractivity contribution is 6.82. The van der Waals surface area contributed by atoms with E-state index in [-0.39, 0.29) is 23.7 Å². The molecule has 0 rings (SSSR count). The summed E-state index contributed by atoms with van der Waals surface area (Å²) in [4.78, 5) is 0. The predicted molar refractivity (Wildman–Crippen MR) is 252 cm³/mol. The van der Waals surface area contributed by atoms with Gasteiger partial charge >= 0.3 is 0 Å². The molecule has 44 heavy (non-hydrogen) atoms. The van der Waals surface area contributed by atoms with E-state index in [1.165, 1.54) is 30.6 Å². The maximum absolute atomic E-state index is 3.69. The molecule has 0 aliphatic carbocycles. The van der Waals surface area contributed by atoms with Crippen LogP contribution >= 0.6 is 0 Å². The Hall–Kier alpha value is 1.22. The zero-order valence-electron chi connectivity index (χ0n) is 35.2. The lowest BCUT2D eigenvalue weighted by Crippen LogP contribution is -2.26. The van der Waals surface area contributed by atoms with Crippen LogP contribution in [0, 0.1) is 0 Å². The molecule has 0 aromatic rings. The van der Waals surface area contributed by atoms with Crippen LogP contribution in [0.3, 0.4) is 0 Å². The van der Waals surface area contributed by atoms with Gasteiger partial charge in [0, 0.05) is 49.2 Å². The van der Waals surface area contributed by atoms with E-state index in [4.69, 9.17) is 0 Å². The average Bonchev–Trinajstić information content (AvgIpc) is 2.62. The molecule has 8 heteroatoms. The highest BCUT2D eigenvalue weighted by atomic mass is 28.3. The fraction of sp³-hybridized carbons (Fsp3) is 0.889. The van der Waals surface area contributed by atoms with Gasteiger partial charge in [-0.3, -0.25) is 0 Å². The molecule has 0 fully saturated rings. The molecule has 0 bridgehead atoms. The fourth-order valence-corrected chi connectivity index (χ4v) is 10.7. The zero-order valence-corrected chi connectivity index (χ0v) is 43.3. The molecule has 276 valence electrons. The molecule has 0 spiro atoms. The lowest BCUT2D eigenvalue weighted by Gasteiger charge is -2.22. The van der Waals surface area contributed by atoms with E-state index in [1.807, 2.05) is 0 Å². The van der Waals surface area contributed by atoms with Crippen molar-refractivity contribution in [3.05, 3.63) is 24.6 Å². The van der Waals surface area contributed by atoms with Gasteiger partial charge in [-0.25, -0.2) is 0 Å². The van der Waals surface area contributed by atoms with Crippen molar-refractivity contribution in [2.75, 3.05) is 0 Å². The fourth-order valence-electron chi connectivity index (χ4n) is 1.90. The first kappa shape index (κ1) is 63.8. The van der Waals surface area contributed by atoms with Crippen LogP contribution in [-0.4, -0.2) is 65.3 Å². The van der Waals surface area contributed by atoms with Gasteiger partial charge in [0.05, 0.1) is 16.1 Å². The van der Waals surface area contributed by atoms with Gasteiger partial charge in [-0.1, -0.05) is 209 Å². The van der Waals surface area contributed by atoms with Crippen molar-refractivity contribution in [1.29, 1.82) is 0 Å². The Labute approximate surface area is 297 Å².